The largest absolute Gasteiger partial charge is 0.367 e. The maximum atomic E-state index is 11.3. The van der Waals surface area contributed by atoms with Gasteiger partial charge in [0.15, 0.2) is 5.96 Å². The highest BCUT2D eigenvalue weighted by Gasteiger charge is 2.20. The van der Waals surface area contributed by atoms with Gasteiger partial charge in [0.05, 0.1) is 6.20 Å². The molecule has 0 aromatic carbocycles. The summed E-state index contributed by atoms with van der Waals surface area (Å²) in [5, 5.41) is 6.50. The lowest BCUT2D eigenvalue weighted by atomic mass is 10.3. The molecule has 120 valence electrons. The Morgan fingerprint density at radius 1 is 1.23 bits per heavy atom. The van der Waals surface area contributed by atoms with E-state index in [1.807, 2.05) is 4.90 Å². The molecule has 0 radical (unpaired) electrons. The minimum atomic E-state index is 0.135. The molecule has 1 fully saturated rings. The molecule has 0 aliphatic carbocycles. The Morgan fingerprint density at radius 3 is 2.55 bits per heavy atom. The number of aliphatic imine (C=N–C) groups is 1. The SMILES string of the molecule is CN=C(NCCNc1cnccn1)N1CCN(C(C)=O)CC1. The fraction of sp³-hybridized carbons (Fsp3) is 0.571. The Bertz CT molecular complexity index is 497. The van der Waals surface area contributed by atoms with Gasteiger partial charge in [0.1, 0.15) is 5.82 Å². The van der Waals surface area contributed by atoms with Crippen molar-refractivity contribution in [3.05, 3.63) is 18.6 Å². The quantitative estimate of drug-likeness (QED) is 0.448. The summed E-state index contributed by atoms with van der Waals surface area (Å²) in [5.41, 5.74) is 0. The highest BCUT2D eigenvalue weighted by Crippen LogP contribution is 2.02. The molecule has 2 heterocycles. The van der Waals surface area contributed by atoms with Gasteiger partial charge in [-0.3, -0.25) is 14.8 Å². The monoisotopic (exact) mass is 305 g/mol. The summed E-state index contributed by atoms with van der Waals surface area (Å²) in [6.45, 7) is 6.16. The Balaban J connectivity index is 1.71. The lowest BCUT2D eigenvalue weighted by Gasteiger charge is -2.36. The number of piperazine rings is 1. The van der Waals surface area contributed by atoms with Crippen LogP contribution in [0.1, 0.15) is 6.92 Å². The fourth-order valence-corrected chi connectivity index (χ4v) is 2.32. The predicted molar refractivity (Wildman–Crippen MR) is 85.7 cm³/mol. The second kappa shape index (κ2) is 8.16. The summed E-state index contributed by atoms with van der Waals surface area (Å²) < 4.78 is 0. The molecule has 1 aromatic rings. The molecule has 1 aromatic heterocycles. The third-order valence-corrected chi connectivity index (χ3v) is 3.51. The van der Waals surface area contributed by atoms with Gasteiger partial charge in [-0.1, -0.05) is 0 Å². The number of nitrogens with one attached hydrogen (secondary N) is 2. The van der Waals surface area contributed by atoms with Crippen molar-refractivity contribution in [1.82, 2.24) is 25.1 Å². The molecule has 0 saturated carbocycles. The van der Waals surface area contributed by atoms with E-state index in [0.717, 1.165) is 51.0 Å². The summed E-state index contributed by atoms with van der Waals surface area (Å²) in [4.78, 5) is 27.8. The Kier molecular flexibility index (Phi) is 5.93. The van der Waals surface area contributed by atoms with Gasteiger partial charge in [-0.25, -0.2) is 4.98 Å². The van der Waals surface area contributed by atoms with Crippen LogP contribution in [0.2, 0.25) is 0 Å². The lowest BCUT2D eigenvalue weighted by molar-refractivity contribution is -0.130. The molecule has 0 unspecified atom stereocenters. The fourth-order valence-electron chi connectivity index (χ4n) is 2.32. The minimum absolute atomic E-state index is 0.135. The molecule has 0 atom stereocenters. The van der Waals surface area contributed by atoms with Crippen LogP contribution in [0.3, 0.4) is 0 Å². The van der Waals surface area contributed by atoms with E-state index in [1.54, 1.807) is 32.6 Å². The van der Waals surface area contributed by atoms with Crippen LogP contribution in [0.25, 0.3) is 0 Å². The van der Waals surface area contributed by atoms with E-state index in [-0.39, 0.29) is 5.91 Å². The van der Waals surface area contributed by atoms with Crippen molar-refractivity contribution in [1.29, 1.82) is 0 Å². The second-order valence-corrected chi connectivity index (χ2v) is 4.98. The van der Waals surface area contributed by atoms with Gasteiger partial charge in [0.2, 0.25) is 5.91 Å². The number of anilines is 1. The molecule has 2 rings (SSSR count). The summed E-state index contributed by atoms with van der Waals surface area (Å²) in [5.74, 6) is 1.76. The zero-order valence-corrected chi connectivity index (χ0v) is 13.1. The van der Waals surface area contributed by atoms with Gasteiger partial charge in [-0.15, -0.1) is 0 Å². The van der Waals surface area contributed by atoms with E-state index in [1.165, 1.54) is 0 Å². The van der Waals surface area contributed by atoms with Crippen LogP contribution in [-0.4, -0.2) is 78.0 Å². The highest BCUT2D eigenvalue weighted by atomic mass is 16.2. The third kappa shape index (κ3) is 4.57. The van der Waals surface area contributed by atoms with E-state index in [9.17, 15) is 4.79 Å². The van der Waals surface area contributed by atoms with Crippen LogP contribution in [0.15, 0.2) is 23.6 Å². The molecular weight excluding hydrogens is 282 g/mol. The van der Waals surface area contributed by atoms with Gasteiger partial charge in [0.25, 0.3) is 0 Å². The zero-order chi connectivity index (χ0) is 15.8. The molecule has 1 aliphatic heterocycles. The van der Waals surface area contributed by atoms with Crippen LogP contribution in [0, 0.1) is 0 Å². The third-order valence-electron chi connectivity index (χ3n) is 3.51. The van der Waals surface area contributed by atoms with E-state index in [4.69, 9.17) is 0 Å². The number of carbonyl (C=O) groups excluding carboxylic acids is 1. The van der Waals surface area contributed by atoms with Gasteiger partial charge < -0.3 is 20.4 Å². The standard InChI is InChI=1S/C14H23N7O/c1-12(22)20-7-9-21(10-8-20)14(15-2)19-6-5-18-13-11-16-3-4-17-13/h3-4,11H,5-10H2,1-2H3,(H,15,19)(H,17,18). The molecular formula is C14H23N7O. The van der Waals surface area contributed by atoms with Crippen molar-refractivity contribution in [2.24, 2.45) is 4.99 Å². The van der Waals surface area contributed by atoms with E-state index in [2.05, 4.69) is 30.5 Å². The van der Waals surface area contributed by atoms with Crippen molar-refractivity contribution in [3.63, 3.8) is 0 Å². The molecule has 22 heavy (non-hydrogen) atoms. The smallest absolute Gasteiger partial charge is 0.219 e. The van der Waals surface area contributed by atoms with E-state index >= 15 is 0 Å². The summed E-state index contributed by atoms with van der Waals surface area (Å²) in [6.07, 6.45) is 4.99. The van der Waals surface area contributed by atoms with Crippen molar-refractivity contribution in [2.75, 3.05) is 51.6 Å². The van der Waals surface area contributed by atoms with Crippen LogP contribution in [0.5, 0.6) is 0 Å². The molecule has 1 saturated heterocycles. The number of guanidine groups is 1. The molecule has 1 aliphatic rings. The molecule has 0 spiro atoms. The average molecular weight is 305 g/mol. The number of carbonyl (C=O) groups is 1. The Labute approximate surface area is 130 Å². The Morgan fingerprint density at radius 2 is 1.95 bits per heavy atom. The molecule has 2 N–H and O–H groups in total. The van der Waals surface area contributed by atoms with Crippen molar-refractivity contribution in [2.45, 2.75) is 6.92 Å². The van der Waals surface area contributed by atoms with Crippen LogP contribution in [0.4, 0.5) is 5.82 Å². The van der Waals surface area contributed by atoms with Crippen LogP contribution in [-0.2, 0) is 4.79 Å². The first-order valence-corrected chi connectivity index (χ1v) is 7.41. The van der Waals surface area contributed by atoms with Crippen LogP contribution < -0.4 is 10.6 Å². The predicted octanol–water partition coefficient (Wildman–Crippen LogP) is -0.372. The number of rotatable bonds is 4. The average Bonchev–Trinajstić information content (AvgIpc) is 2.56. The number of hydrogen-bond donors (Lipinski definition) is 2. The summed E-state index contributed by atoms with van der Waals surface area (Å²) in [7, 11) is 1.77. The molecule has 1 amide bonds. The highest BCUT2D eigenvalue weighted by molar-refractivity contribution is 5.80. The normalized spacial score (nSPS) is 15.6. The minimum Gasteiger partial charge on any atom is -0.367 e. The number of amides is 1. The number of hydrogen-bond acceptors (Lipinski definition) is 5. The maximum Gasteiger partial charge on any atom is 0.219 e. The molecule has 8 heteroatoms. The lowest BCUT2D eigenvalue weighted by Crippen LogP contribution is -2.53. The molecule has 0 bridgehead atoms. The van der Waals surface area contributed by atoms with E-state index < -0.39 is 0 Å². The van der Waals surface area contributed by atoms with Gasteiger partial charge >= 0.3 is 0 Å². The van der Waals surface area contributed by atoms with Crippen molar-refractivity contribution in [3.8, 4) is 0 Å². The number of nitrogens with zero attached hydrogens (tertiary/aromatic N) is 5. The topological polar surface area (TPSA) is 85.8 Å². The number of aromatic nitrogens is 2. The first-order valence-electron chi connectivity index (χ1n) is 7.41. The van der Waals surface area contributed by atoms with Gasteiger partial charge in [-0.2, -0.15) is 0 Å². The van der Waals surface area contributed by atoms with E-state index in [0.29, 0.717) is 0 Å². The zero-order valence-electron chi connectivity index (χ0n) is 13.1. The Hall–Kier alpha value is -2.38. The van der Waals surface area contributed by atoms with Crippen molar-refractivity contribution >= 4 is 17.7 Å². The second-order valence-electron chi connectivity index (χ2n) is 4.98. The maximum absolute atomic E-state index is 11.3. The summed E-state index contributed by atoms with van der Waals surface area (Å²) in [6, 6.07) is 0. The van der Waals surface area contributed by atoms with Gasteiger partial charge in [0, 0.05) is 65.6 Å². The molecule has 8 nitrogen and oxygen atoms in total. The van der Waals surface area contributed by atoms with Gasteiger partial charge in [-0.05, 0) is 0 Å². The van der Waals surface area contributed by atoms with Crippen LogP contribution >= 0.6 is 0 Å². The summed E-state index contributed by atoms with van der Waals surface area (Å²) >= 11 is 0. The van der Waals surface area contributed by atoms with Crippen molar-refractivity contribution < 1.29 is 4.79 Å². The first-order chi connectivity index (χ1) is 10.7. The first kappa shape index (κ1) is 16.0.